The van der Waals surface area contributed by atoms with Crippen molar-refractivity contribution in [2.24, 2.45) is 0 Å². The zero-order valence-corrected chi connectivity index (χ0v) is 18.1. The molecule has 0 bridgehead atoms. The molecule has 6 nitrogen and oxygen atoms in total. The number of rotatable bonds is 6. The summed E-state index contributed by atoms with van der Waals surface area (Å²) in [5, 5.41) is 16.9. The Labute approximate surface area is 189 Å². The Hall–Kier alpha value is -2.87. The number of anilines is 2. The lowest BCUT2D eigenvalue weighted by atomic mass is 10.2. The van der Waals surface area contributed by atoms with Crippen molar-refractivity contribution in [2.75, 3.05) is 10.6 Å². The zero-order valence-electron chi connectivity index (χ0n) is 15.8. The van der Waals surface area contributed by atoms with Crippen LogP contribution in [0.15, 0.2) is 73.2 Å². The van der Waals surface area contributed by atoms with Crippen molar-refractivity contribution in [1.82, 2.24) is 19.6 Å². The predicted molar refractivity (Wildman–Crippen MR) is 125 cm³/mol. The Kier molecular flexibility index (Phi) is 6.32. The molecule has 30 heavy (non-hydrogen) atoms. The molecule has 0 fully saturated rings. The molecule has 0 atom stereocenters. The maximum atomic E-state index is 6.21. The second kappa shape index (κ2) is 9.30. The third kappa shape index (κ3) is 5.38. The SMILES string of the molecule is S=C(Nc1cnn(Cc2ccccc2Cl)c1)Nc1ccn(Cc2ccc(Cl)cc2)n1. The molecular weight excluding hydrogens is 439 g/mol. The van der Waals surface area contributed by atoms with Gasteiger partial charge in [-0.25, -0.2) is 0 Å². The predicted octanol–water partition coefficient (Wildman–Crippen LogP) is 5.29. The van der Waals surface area contributed by atoms with E-state index in [-0.39, 0.29) is 0 Å². The van der Waals surface area contributed by atoms with E-state index in [2.05, 4.69) is 20.8 Å². The fourth-order valence-corrected chi connectivity index (χ4v) is 3.43. The standard InChI is InChI=1S/C21H18Cl2N6S/c22-17-7-5-15(6-8-17)12-28-10-9-20(27-28)26-21(30)25-18-11-24-29(14-18)13-16-3-1-2-4-19(16)23/h1-11,14H,12-13H2,(H2,25,26,27,30). The van der Waals surface area contributed by atoms with Gasteiger partial charge in [0, 0.05) is 28.5 Å². The Morgan fingerprint density at radius 3 is 2.53 bits per heavy atom. The van der Waals surface area contributed by atoms with Gasteiger partial charge >= 0.3 is 0 Å². The van der Waals surface area contributed by atoms with Crippen LogP contribution in [-0.2, 0) is 13.1 Å². The van der Waals surface area contributed by atoms with Gasteiger partial charge in [-0.1, -0.05) is 53.5 Å². The molecule has 2 heterocycles. The molecule has 0 amide bonds. The molecule has 0 aliphatic rings. The first-order chi connectivity index (χ1) is 14.5. The molecule has 2 aromatic carbocycles. The number of hydrogen-bond acceptors (Lipinski definition) is 3. The summed E-state index contributed by atoms with van der Waals surface area (Å²) in [6.45, 7) is 1.23. The van der Waals surface area contributed by atoms with Gasteiger partial charge in [0.1, 0.15) is 0 Å². The van der Waals surface area contributed by atoms with Crippen molar-refractivity contribution >= 4 is 52.0 Å². The highest BCUT2D eigenvalue weighted by atomic mass is 35.5. The lowest BCUT2D eigenvalue weighted by Gasteiger charge is -2.07. The summed E-state index contributed by atoms with van der Waals surface area (Å²) in [6.07, 6.45) is 5.47. The zero-order chi connectivity index (χ0) is 20.9. The van der Waals surface area contributed by atoms with Crippen LogP contribution >= 0.6 is 35.4 Å². The van der Waals surface area contributed by atoms with Crippen LogP contribution in [0.4, 0.5) is 11.5 Å². The average Bonchev–Trinajstić information content (AvgIpc) is 3.35. The highest BCUT2D eigenvalue weighted by Crippen LogP contribution is 2.17. The van der Waals surface area contributed by atoms with Crippen LogP contribution in [0.25, 0.3) is 0 Å². The van der Waals surface area contributed by atoms with Crippen LogP contribution < -0.4 is 10.6 Å². The summed E-state index contributed by atoms with van der Waals surface area (Å²) in [5.74, 6) is 0.657. The maximum Gasteiger partial charge on any atom is 0.176 e. The number of aromatic nitrogens is 4. The van der Waals surface area contributed by atoms with Gasteiger partial charge in [-0.15, -0.1) is 0 Å². The topological polar surface area (TPSA) is 59.7 Å². The number of benzene rings is 2. The van der Waals surface area contributed by atoms with Crippen LogP contribution in [0.1, 0.15) is 11.1 Å². The fourth-order valence-electron chi connectivity index (χ4n) is 2.89. The molecule has 0 aliphatic heterocycles. The summed E-state index contributed by atoms with van der Waals surface area (Å²) in [6, 6.07) is 17.2. The van der Waals surface area contributed by atoms with Gasteiger partial charge in [-0.05, 0) is 41.5 Å². The van der Waals surface area contributed by atoms with Crippen LogP contribution in [0.3, 0.4) is 0 Å². The van der Waals surface area contributed by atoms with Crippen LogP contribution in [-0.4, -0.2) is 24.7 Å². The van der Waals surface area contributed by atoms with E-state index in [0.29, 0.717) is 34.1 Å². The highest BCUT2D eigenvalue weighted by Gasteiger charge is 2.06. The van der Waals surface area contributed by atoms with Gasteiger partial charge in [-0.2, -0.15) is 10.2 Å². The first-order valence-electron chi connectivity index (χ1n) is 9.17. The molecule has 0 aliphatic carbocycles. The smallest absolute Gasteiger partial charge is 0.176 e. The normalized spacial score (nSPS) is 10.7. The summed E-state index contributed by atoms with van der Waals surface area (Å²) in [7, 11) is 0. The van der Waals surface area contributed by atoms with E-state index in [9.17, 15) is 0 Å². The minimum absolute atomic E-state index is 0.434. The lowest BCUT2D eigenvalue weighted by molar-refractivity contribution is 0.687. The fraction of sp³-hybridized carbons (Fsp3) is 0.0952. The quantitative estimate of drug-likeness (QED) is 0.385. The Bertz CT molecular complexity index is 1150. The van der Waals surface area contributed by atoms with Crippen molar-refractivity contribution in [3.8, 4) is 0 Å². The molecule has 9 heteroatoms. The van der Waals surface area contributed by atoms with Gasteiger partial charge in [-0.3, -0.25) is 9.36 Å². The first-order valence-corrected chi connectivity index (χ1v) is 10.3. The number of halogens is 2. The molecule has 0 saturated heterocycles. The van der Waals surface area contributed by atoms with Crippen molar-refractivity contribution < 1.29 is 0 Å². The van der Waals surface area contributed by atoms with Crippen molar-refractivity contribution in [1.29, 1.82) is 0 Å². The van der Waals surface area contributed by atoms with E-state index >= 15 is 0 Å². The molecule has 152 valence electrons. The Balaban J connectivity index is 1.32. The van der Waals surface area contributed by atoms with Gasteiger partial charge < -0.3 is 10.6 Å². The monoisotopic (exact) mass is 456 g/mol. The third-order valence-electron chi connectivity index (χ3n) is 4.32. The van der Waals surface area contributed by atoms with E-state index in [1.807, 2.05) is 71.7 Å². The van der Waals surface area contributed by atoms with Crippen molar-refractivity contribution in [2.45, 2.75) is 13.1 Å². The van der Waals surface area contributed by atoms with Crippen molar-refractivity contribution in [3.05, 3.63) is 94.4 Å². The molecule has 0 unspecified atom stereocenters. The summed E-state index contributed by atoms with van der Waals surface area (Å²) in [5.41, 5.74) is 2.89. The highest BCUT2D eigenvalue weighted by molar-refractivity contribution is 7.80. The third-order valence-corrected chi connectivity index (χ3v) is 5.15. The lowest BCUT2D eigenvalue weighted by Crippen LogP contribution is -2.19. The minimum Gasteiger partial charge on any atom is -0.330 e. The minimum atomic E-state index is 0.434. The molecule has 2 N–H and O–H groups in total. The molecular formula is C21H18Cl2N6S. The number of nitrogens with one attached hydrogen (secondary N) is 2. The molecule has 0 saturated carbocycles. The number of nitrogens with zero attached hydrogens (tertiary/aromatic N) is 4. The Morgan fingerprint density at radius 2 is 1.73 bits per heavy atom. The van der Waals surface area contributed by atoms with E-state index < -0.39 is 0 Å². The molecule has 0 radical (unpaired) electrons. The van der Waals surface area contributed by atoms with Gasteiger partial charge in [0.05, 0.1) is 25.0 Å². The largest absolute Gasteiger partial charge is 0.330 e. The molecule has 4 rings (SSSR count). The van der Waals surface area contributed by atoms with E-state index in [1.165, 1.54) is 0 Å². The van der Waals surface area contributed by atoms with Gasteiger partial charge in [0.25, 0.3) is 0 Å². The number of thiocarbonyl (C=S) groups is 1. The van der Waals surface area contributed by atoms with Crippen LogP contribution in [0.2, 0.25) is 10.0 Å². The first kappa shape index (κ1) is 20.4. The van der Waals surface area contributed by atoms with E-state index in [0.717, 1.165) is 16.8 Å². The Morgan fingerprint density at radius 1 is 0.933 bits per heavy atom. The maximum absolute atomic E-state index is 6.21. The summed E-state index contributed by atoms with van der Waals surface area (Å²) >= 11 is 17.5. The second-order valence-electron chi connectivity index (χ2n) is 6.62. The summed E-state index contributed by atoms with van der Waals surface area (Å²) < 4.78 is 3.63. The number of hydrogen-bond donors (Lipinski definition) is 2. The second-order valence-corrected chi connectivity index (χ2v) is 7.87. The molecule has 0 spiro atoms. The van der Waals surface area contributed by atoms with E-state index in [4.69, 9.17) is 35.4 Å². The van der Waals surface area contributed by atoms with Crippen molar-refractivity contribution in [3.63, 3.8) is 0 Å². The average molecular weight is 457 g/mol. The molecule has 4 aromatic rings. The van der Waals surface area contributed by atoms with Crippen LogP contribution in [0, 0.1) is 0 Å². The van der Waals surface area contributed by atoms with Crippen LogP contribution in [0.5, 0.6) is 0 Å². The van der Waals surface area contributed by atoms with E-state index in [1.54, 1.807) is 10.9 Å². The molecule has 2 aromatic heterocycles. The van der Waals surface area contributed by atoms with Gasteiger partial charge in [0.2, 0.25) is 0 Å². The summed E-state index contributed by atoms with van der Waals surface area (Å²) in [4.78, 5) is 0. The van der Waals surface area contributed by atoms with Gasteiger partial charge in [0.15, 0.2) is 10.9 Å².